The minimum atomic E-state index is 0. The molecule has 0 bridgehead atoms. The fourth-order valence-electron chi connectivity index (χ4n) is 2.27. The van der Waals surface area contributed by atoms with Crippen molar-refractivity contribution in [1.82, 2.24) is 15.1 Å². The van der Waals surface area contributed by atoms with Gasteiger partial charge in [-0.1, -0.05) is 13.3 Å². The van der Waals surface area contributed by atoms with Gasteiger partial charge in [0, 0.05) is 40.8 Å². The summed E-state index contributed by atoms with van der Waals surface area (Å²) in [5.41, 5.74) is 0. The zero-order chi connectivity index (χ0) is 16.4. The number of unbranched alkanes of at least 4 members (excludes halogenated alkanes) is 1. The van der Waals surface area contributed by atoms with Gasteiger partial charge < -0.3 is 19.9 Å². The van der Waals surface area contributed by atoms with E-state index in [0.29, 0.717) is 0 Å². The van der Waals surface area contributed by atoms with Gasteiger partial charge in [0.15, 0.2) is 5.96 Å². The summed E-state index contributed by atoms with van der Waals surface area (Å²) in [6.45, 7) is 4.89. The number of carbonyl (C=O) groups excluding carboxylic acids is 1. The van der Waals surface area contributed by atoms with Crippen molar-refractivity contribution in [2.24, 2.45) is 4.99 Å². The first kappa shape index (κ1) is 22.4. The molecule has 1 amide bonds. The van der Waals surface area contributed by atoms with Gasteiger partial charge in [-0.15, -0.1) is 24.0 Å². The first-order valence-corrected chi connectivity index (χ1v) is 8.35. The zero-order valence-electron chi connectivity index (χ0n) is 15.0. The lowest BCUT2D eigenvalue weighted by Gasteiger charge is -2.27. The summed E-state index contributed by atoms with van der Waals surface area (Å²) in [6.07, 6.45) is 5.98. The van der Waals surface area contributed by atoms with Gasteiger partial charge in [-0.05, 0) is 25.7 Å². The second-order valence-corrected chi connectivity index (χ2v) is 6.07. The minimum absolute atomic E-state index is 0. The van der Waals surface area contributed by atoms with E-state index in [1.165, 1.54) is 6.42 Å². The third kappa shape index (κ3) is 9.34. The van der Waals surface area contributed by atoms with Crippen LogP contribution in [0.15, 0.2) is 4.99 Å². The van der Waals surface area contributed by atoms with Crippen LogP contribution in [-0.2, 0) is 9.53 Å². The van der Waals surface area contributed by atoms with Gasteiger partial charge in [-0.25, -0.2) is 4.99 Å². The number of likely N-dealkylation sites (N-methyl/N-ethyl adjacent to an activating group) is 1. The minimum Gasteiger partial charge on any atom is -0.376 e. The SMILES string of the molecule is CCCCN(C)C(=NCC(=O)N(C)C)NCC1CCCCO1.I. The summed E-state index contributed by atoms with van der Waals surface area (Å²) < 4.78 is 5.74. The van der Waals surface area contributed by atoms with Crippen LogP contribution < -0.4 is 5.32 Å². The number of hydrogen-bond donors (Lipinski definition) is 1. The highest BCUT2D eigenvalue weighted by molar-refractivity contribution is 14.0. The number of hydrogen-bond acceptors (Lipinski definition) is 3. The van der Waals surface area contributed by atoms with Gasteiger partial charge in [0.2, 0.25) is 5.91 Å². The van der Waals surface area contributed by atoms with Crippen molar-refractivity contribution in [3.05, 3.63) is 0 Å². The Kier molecular flexibility index (Phi) is 12.5. The molecule has 6 nitrogen and oxygen atoms in total. The van der Waals surface area contributed by atoms with Crippen molar-refractivity contribution < 1.29 is 9.53 Å². The fourth-order valence-corrected chi connectivity index (χ4v) is 2.27. The van der Waals surface area contributed by atoms with Crippen LogP contribution in [-0.4, -0.2) is 75.2 Å². The van der Waals surface area contributed by atoms with E-state index >= 15 is 0 Å². The largest absolute Gasteiger partial charge is 0.376 e. The Morgan fingerprint density at radius 2 is 2.04 bits per heavy atom. The molecule has 1 rings (SSSR count). The average Bonchev–Trinajstić information content (AvgIpc) is 2.53. The molecule has 0 aromatic carbocycles. The van der Waals surface area contributed by atoms with Gasteiger partial charge in [0.05, 0.1) is 6.10 Å². The summed E-state index contributed by atoms with van der Waals surface area (Å²) in [4.78, 5) is 19.9. The van der Waals surface area contributed by atoms with Gasteiger partial charge in [0.25, 0.3) is 0 Å². The second-order valence-electron chi connectivity index (χ2n) is 6.07. The summed E-state index contributed by atoms with van der Waals surface area (Å²) in [6, 6.07) is 0. The van der Waals surface area contributed by atoms with Crippen molar-refractivity contribution in [2.45, 2.75) is 45.1 Å². The topological polar surface area (TPSA) is 57.2 Å². The lowest BCUT2D eigenvalue weighted by atomic mass is 10.1. The van der Waals surface area contributed by atoms with E-state index in [9.17, 15) is 4.79 Å². The Bertz CT molecular complexity index is 358. The van der Waals surface area contributed by atoms with Crippen molar-refractivity contribution >= 4 is 35.8 Å². The maximum Gasteiger partial charge on any atom is 0.243 e. The van der Waals surface area contributed by atoms with E-state index in [4.69, 9.17) is 4.74 Å². The Hall–Kier alpha value is -0.570. The lowest BCUT2D eigenvalue weighted by molar-refractivity contribution is -0.127. The molecule has 0 spiro atoms. The first-order chi connectivity index (χ1) is 10.5. The van der Waals surface area contributed by atoms with Gasteiger partial charge in [-0.2, -0.15) is 0 Å². The second kappa shape index (κ2) is 12.8. The van der Waals surface area contributed by atoms with Crippen LogP contribution >= 0.6 is 24.0 Å². The maximum absolute atomic E-state index is 11.7. The Morgan fingerprint density at radius 1 is 1.30 bits per heavy atom. The van der Waals surface area contributed by atoms with Crippen molar-refractivity contribution in [1.29, 1.82) is 0 Å². The number of carbonyl (C=O) groups is 1. The van der Waals surface area contributed by atoms with E-state index in [1.807, 2.05) is 7.05 Å². The molecule has 0 aliphatic carbocycles. The van der Waals surface area contributed by atoms with E-state index in [0.717, 1.165) is 51.3 Å². The molecule has 1 unspecified atom stereocenters. The van der Waals surface area contributed by atoms with Crippen LogP contribution in [0.4, 0.5) is 0 Å². The highest BCUT2D eigenvalue weighted by atomic mass is 127. The molecular formula is C16H33IN4O2. The predicted octanol–water partition coefficient (Wildman–Crippen LogP) is 1.94. The highest BCUT2D eigenvalue weighted by Crippen LogP contribution is 2.11. The Balaban J connectivity index is 0.00000484. The van der Waals surface area contributed by atoms with E-state index < -0.39 is 0 Å². The summed E-state index contributed by atoms with van der Waals surface area (Å²) >= 11 is 0. The molecule has 1 fully saturated rings. The number of aliphatic imine (C=N–C) groups is 1. The maximum atomic E-state index is 11.7. The summed E-state index contributed by atoms with van der Waals surface area (Å²) in [5.74, 6) is 0.801. The molecule has 23 heavy (non-hydrogen) atoms. The number of nitrogens with zero attached hydrogens (tertiary/aromatic N) is 3. The Labute approximate surface area is 158 Å². The fraction of sp³-hybridized carbons (Fsp3) is 0.875. The summed E-state index contributed by atoms with van der Waals surface area (Å²) in [7, 11) is 5.52. The molecule has 1 atom stereocenters. The van der Waals surface area contributed by atoms with Crippen molar-refractivity contribution in [3.63, 3.8) is 0 Å². The van der Waals surface area contributed by atoms with Crippen LogP contribution in [0.5, 0.6) is 0 Å². The molecule has 1 aliphatic heterocycles. The number of amides is 1. The molecule has 1 saturated heterocycles. The van der Waals surface area contributed by atoms with Crippen LogP contribution in [0, 0.1) is 0 Å². The highest BCUT2D eigenvalue weighted by Gasteiger charge is 2.15. The van der Waals surface area contributed by atoms with Crippen LogP contribution in [0.25, 0.3) is 0 Å². The smallest absolute Gasteiger partial charge is 0.243 e. The average molecular weight is 440 g/mol. The molecule has 0 aromatic heterocycles. The quantitative estimate of drug-likeness (QED) is 0.374. The Morgan fingerprint density at radius 3 is 2.61 bits per heavy atom. The number of guanidine groups is 1. The molecule has 7 heteroatoms. The lowest BCUT2D eigenvalue weighted by Crippen LogP contribution is -2.44. The zero-order valence-corrected chi connectivity index (χ0v) is 17.3. The van der Waals surface area contributed by atoms with Gasteiger partial charge >= 0.3 is 0 Å². The van der Waals surface area contributed by atoms with Crippen LogP contribution in [0.2, 0.25) is 0 Å². The first-order valence-electron chi connectivity index (χ1n) is 8.35. The molecule has 1 N–H and O–H groups in total. The molecule has 1 aliphatic rings. The van der Waals surface area contributed by atoms with Gasteiger partial charge in [-0.3, -0.25) is 4.79 Å². The monoisotopic (exact) mass is 440 g/mol. The molecular weight excluding hydrogens is 407 g/mol. The predicted molar refractivity (Wildman–Crippen MR) is 106 cm³/mol. The standard InChI is InChI=1S/C16H32N4O2.HI/c1-5-6-10-20(4)16(18-13-15(21)19(2)3)17-12-14-9-7-8-11-22-14;/h14H,5-13H2,1-4H3,(H,17,18);1H. The van der Waals surface area contributed by atoms with E-state index in [2.05, 4.69) is 22.1 Å². The molecule has 1 heterocycles. The molecule has 136 valence electrons. The normalized spacial score (nSPS) is 18.1. The molecule has 0 radical (unpaired) electrons. The number of rotatable bonds is 7. The van der Waals surface area contributed by atoms with Crippen LogP contribution in [0.3, 0.4) is 0 Å². The molecule has 0 saturated carbocycles. The van der Waals surface area contributed by atoms with Gasteiger partial charge in [0.1, 0.15) is 6.54 Å². The third-order valence-electron chi connectivity index (χ3n) is 3.83. The van der Waals surface area contributed by atoms with Crippen molar-refractivity contribution in [3.8, 4) is 0 Å². The van der Waals surface area contributed by atoms with E-state index in [-0.39, 0.29) is 42.5 Å². The summed E-state index contributed by atoms with van der Waals surface area (Å²) in [5, 5.41) is 3.37. The number of halogens is 1. The van der Waals surface area contributed by atoms with Crippen molar-refractivity contribution in [2.75, 3.05) is 47.4 Å². The number of ether oxygens (including phenoxy) is 1. The van der Waals surface area contributed by atoms with Crippen LogP contribution in [0.1, 0.15) is 39.0 Å². The molecule has 0 aromatic rings. The third-order valence-corrected chi connectivity index (χ3v) is 3.83. The number of nitrogens with one attached hydrogen (secondary N) is 1. The van der Waals surface area contributed by atoms with E-state index in [1.54, 1.807) is 19.0 Å².